The van der Waals surface area contributed by atoms with Crippen LogP contribution in [-0.4, -0.2) is 31.2 Å². The van der Waals surface area contributed by atoms with Crippen LogP contribution in [0.1, 0.15) is 52.6 Å². The van der Waals surface area contributed by atoms with Crippen LogP contribution in [0.3, 0.4) is 0 Å². The standard InChI is InChI=1S/C31H31ClFN/c1-22-27(10-5-12-30(22)32)29-11-4-8-25-7-2-3-9-28(25)31(29)26-15-13-23(14-16-26)19-24-20-34(21-24)18-6-17-33/h2-3,5,7,9-10,12-16,19H,4,6,8,11,17-18,20-21H2,1H3. The number of benzene rings is 3. The molecule has 0 bridgehead atoms. The van der Waals surface area contributed by atoms with E-state index in [0.29, 0.717) is 6.42 Å². The summed E-state index contributed by atoms with van der Waals surface area (Å²) in [4.78, 5) is 2.30. The van der Waals surface area contributed by atoms with E-state index in [0.717, 1.165) is 49.5 Å². The fraction of sp³-hybridized carbons (Fsp3) is 0.290. The van der Waals surface area contributed by atoms with E-state index in [1.54, 1.807) is 0 Å². The molecule has 3 heteroatoms. The van der Waals surface area contributed by atoms with Gasteiger partial charge in [-0.2, -0.15) is 0 Å². The van der Waals surface area contributed by atoms with Gasteiger partial charge in [-0.25, -0.2) is 0 Å². The molecule has 1 nitrogen and oxygen atoms in total. The van der Waals surface area contributed by atoms with Crippen LogP contribution in [0.5, 0.6) is 0 Å². The molecule has 0 amide bonds. The minimum absolute atomic E-state index is 0.229. The first-order valence-corrected chi connectivity index (χ1v) is 12.7. The fourth-order valence-electron chi connectivity index (χ4n) is 5.30. The van der Waals surface area contributed by atoms with Crippen LogP contribution in [0.2, 0.25) is 5.02 Å². The van der Waals surface area contributed by atoms with Gasteiger partial charge in [-0.15, -0.1) is 0 Å². The van der Waals surface area contributed by atoms with Gasteiger partial charge in [0.2, 0.25) is 0 Å². The summed E-state index contributed by atoms with van der Waals surface area (Å²) in [5, 5.41) is 0.824. The number of alkyl halides is 1. The maximum Gasteiger partial charge on any atom is 0.0906 e. The van der Waals surface area contributed by atoms with Gasteiger partial charge in [0.25, 0.3) is 0 Å². The first kappa shape index (κ1) is 23.1. The molecule has 1 aliphatic heterocycles. The van der Waals surface area contributed by atoms with Crippen molar-refractivity contribution in [1.29, 1.82) is 0 Å². The Kier molecular flexibility index (Phi) is 6.99. The second kappa shape index (κ2) is 10.3. The molecule has 0 N–H and O–H groups in total. The van der Waals surface area contributed by atoms with Gasteiger partial charge in [0.15, 0.2) is 0 Å². The zero-order valence-electron chi connectivity index (χ0n) is 19.8. The van der Waals surface area contributed by atoms with Crippen LogP contribution in [0, 0.1) is 6.92 Å². The summed E-state index contributed by atoms with van der Waals surface area (Å²) in [5.74, 6) is 0. The first-order valence-electron chi connectivity index (χ1n) is 12.3. The molecule has 1 fully saturated rings. The number of allylic oxidation sites excluding steroid dienone is 1. The molecule has 1 heterocycles. The van der Waals surface area contributed by atoms with Gasteiger partial charge in [-0.3, -0.25) is 9.29 Å². The Labute approximate surface area is 207 Å². The smallest absolute Gasteiger partial charge is 0.0906 e. The highest BCUT2D eigenvalue weighted by Crippen LogP contribution is 2.41. The summed E-state index contributed by atoms with van der Waals surface area (Å²) in [7, 11) is 0. The normalized spacial score (nSPS) is 16.1. The highest BCUT2D eigenvalue weighted by Gasteiger charge is 2.22. The molecule has 5 rings (SSSR count). The van der Waals surface area contributed by atoms with E-state index in [1.807, 2.05) is 6.07 Å². The molecule has 2 aliphatic rings. The van der Waals surface area contributed by atoms with Gasteiger partial charge >= 0.3 is 0 Å². The van der Waals surface area contributed by atoms with Crippen molar-refractivity contribution >= 4 is 28.8 Å². The number of hydrogen-bond acceptors (Lipinski definition) is 1. The molecule has 0 saturated carbocycles. The van der Waals surface area contributed by atoms with Crippen molar-refractivity contribution in [2.24, 2.45) is 0 Å². The van der Waals surface area contributed by atoms with Crippen LogP contribution in [-0.2, 0) is 6.42 Å². The molecule has 34 heavy (non-hydrogen) atoms. The van der Waals surface area contributed by atoms with E-state index in [9.17, 15) is 4.39 Å². The second-order valence-electron chi connectivity index (χ2n) is 9.45. The Morgan fingerprint density at radius 2 is 1.68 bits per heavy atom. The number of halogens is 2. The number of aryl methyl sites for hydroxylation is 1. The summed E-state index contributed by atoms with van der Waals surface area (Å²) in [5.41, 5.74) is 11.8. The van der Waals surface area contributed by atoms with Crippen molar-refractivity contribution < 1.29 is 4.39 Å². The maximum atomic E-state index is 12.4. The fourth-order valence-corrected chi connectivity index (χ4v) is 5.48. The van der Waals surface area contributed by atoms with E-state index < -0.39 is 0 Å². The molecular formula is C31H31ClFN. The lowest BCUT2D eigenvalue weighted by atomic mass is 9.86. The molecule has 3 aromatic rings. The number of likely N-dealkylation sites (tertiary alicyclic amines) is 1. The molecule has 3 aromatic carbocycles. The van der Waals surface area contributed by atoms with Gasteiger partial charge in [-0.1, -0.05) is 78.3 Å². The summed E-state index contributed by atoms with van der Waals surface area (Å²) in [6.07, 6.45) is 6.17. The van der Waals surface area contributed by atoms with E-state index in [-0.39, 0.29) is 6.67 Å². The van der Waals surface area contributed by atoms with Gasteiger partial charge in [0.05, 0.1) is 6.67 Å². The molecule has 1 saturated heterocycles. The van der Waals surface area contributed by atoms with Crippen molar-refractivity contribution in [2.45, 2.75) is 32.6 Å². The number of fused-ring (bicyclic) bond motifs is 1. The van der Waals surface area contributed by atoms with Gasteiger partial charge in [-0.05, 0) is 88.8 Å². The molecule has 0 spiro atoms. The lowest BCUT2D eigenvalue weighted by Crippen LogP contribution is -2.40. The largest absolute Gasteiger partial charge is 0.295 e. The van der Waals surface area contributed by atoms with Crippen LogP contribution < -0.4 is 0 Å². The lowest BCUT2D eigenvalue weighted by Gasteiger charge is -2.33. The number of rotatable bonds is 6. The first-order chi connectivity index (χ1) is 16.6. The Bertz CT molecular complexity index is 1230. The van der Waals surface area contributed by atoms with E-state index >= 15 is 0 Å². The quantitative estimate of drug-likeness (QED) is 0.352. The van der Waals surface area contributed by atoms with Crippen molar-refractivity contribution in [3.63, 3.8) is 0 Å². The van der Waals surface area contributed by atoms with Gasteiger partial charge in [0.1, 0.15) is 0 Å². The van der Waals surface area contributed by atoms with Gasteiger partial charge < -0.3 is 0 Å². The Morgan fingerprint density at radius 3 is 2.47 bits per heavy atom. The van der Waals surface area contributed by atoms with Gasteiger partial charge in [0, 0.05) is 24.7 Å². The number of hydrogen-bond donors (Lipinski definition) is 0. The van der Waals surface area contributed by atoms with Crippen molar-refractivity contribution in [2.75, 3.05) is 26.3 Å². The Morgan fingerprint density at radius 1 is 0.912 bits per heavy atom. The van der Waals surface area contributed by atoms with Crippen LogP contribution in [0.15, 0.2) is 72.3 Å². The predicted octanol–water partition coefficient (Wildman–Crippen LogP) is 8.00. The summed E-state index contributed by atoms with van der Waals surface area (Å²) >= 11 is 6.54. The third-order valence-corrected chi connectivity index (χ3v) is 7.50. The third kappa shape index (κ3) is 4.76. The zero-order valence-corrected chi connectivity index (χ0v) is 20.5. The van der Waals surface area contributed by atoms with E-state index in [2.05, 4.69) is 78.6 Å². The third-order valence-electron chi connectivity index (χ3n) is 7.09. The van der Waals surface area contributed by atoms with Crippen LogP contribution >= 0.6 is 11.6 Å². The van der Waals surface area contributed by atoms with E-state index in [1.165, 1.54) is 44.5 Å². The summed E-state index contributed by atoms with van der Waals surface area (Å²) in [6, 6.07) is 24.1. The molecule has 0 unspecified atom stereocenters. The topological polar surface area (TPSA) is 3.24 Å². The SMILES string of the molecule is Cc1c(Cl)cccc1C1=C(c2ccc(C=C3CN(CCCF)C3)cc2)c2ccccc2CCC1. The average Bonchev–Trinajstić information content (AvgIpc) is 3.02. The Hall–Kier alpha value is -2.68. The lowest BCUT2D eigenvalue weighted by molar-refractivity contribution is 0.239. The number of nitrogens with zero attached hydrogens (tertiary/aromatic N) is 1. The van der Waals surface area contributed by atoms with Crippen LogP contribution in [0.25, 0.3) is 17.2 Å². The Balaban J connectivity index is 1.52. The summed E-state index contributed by atoms with van der Waals surface area (Å²) < 4.78 is 12.4. The van der Waals surface area contributed by atoms with Crippen LogP contribution in [0.4, 0.5) is 4.39 Å². The monoisotopic (exact) mass is 471 g/mol. The highest BCUT2D eigenvalue weighted by molar-refractivity contribution is 6.31. The van der Waals surface area contributed by atoms with Crippen molar-refractivity contribution in [1.82, 2.24) is 4.90 Å². The van der Waals surface area contributed by atoms with Crippen molar-refractivity contribution in [3.05, 3.63) is 111 Å². The summed E-state index contributed by atoms with van der Waals surface area (Å²) in [6.45, 7) is 4.67. The molecule has 0 aromatic heterocycles. The molecular weight excluding hydrogens is 441 g/mol. The molecule has 0 radical (unpaired) electrons. The maximum absolute atomic E-state index is 12.4. The molecule has 0 atom stereocenters. The van der Waals surface area contributed by atoms with Crippen molar-refractivity contribution in [3.8, 4) is 0 Å². The molecule has 1 aliphatic carbocycles. The average molecular weight is 472 g/mol. The minimum atomic E-state index is -0.229. The zero-order chi connectivity index (χ0) is 23.5. The molecule has 174 valence electrons. The minimum Gasteiger partial charge on any atom is -0.295 e. The highest BCUT2D eigenvalue weighted by atomic mass is 35.5. The van der Waals surface area contributed by atoms with E-state index in [4.69, 9.17) is 11.6 Å². The second-order valence-corrected chi connectivity index (χ2v) is 9.86. The predicted molar refractivity (Wildman–Crippen MR) is 143 cm³/mol.